The summed E-state index contributed by atoms with van der Waals surface area (Å²) in [5.74, 6) is -1.20. The summed E-state index contributed by atoms with van der Waals surface area (Å²) < 4.78 is 5.46. The number of fused-ring (bicyclic) bond motifs is 2. The first kappa shape index (κ1) is 20.1. The molecular formula is C25H21N3O3. The van der Waals surface area contributed by atoms with Gasteiger partial charge in [0, 0.05) is 5.56 Å². The predicted octanol–water partition coefficient (Wildman–Crippen LogP) is 4.48. The molecule has 4 aromatic rings. The van der Waals surface area contributed by atoms with Crippen LogP contribution in [0.4, 0.5) is 5.69 Å². The molecule has 154 valence electrons. The molecule has 0 atom stereocenters. The minimum Gasteiger partial charge on any atom is -0.492 e. The molecule has 0 bridgehead atoms. The Kier molecular flexibility index (Phi) is 5.89. The van der Waals surface area contributed by atoms with Crippen LogP contribution in [-0.4, -0.2) is 24.6 Å². The fraction of sp³-hybridized carbons (Fsp3) is 0.0800. The number of hydrogen-bond acceptors (Lipinski definition) is 4. The van der Waals surface area contributed by atoms with Gasteiger partial charge in [0.2, 0.25) is 0 Å². The first-order chi connectivity index (χ1) is 15.2. The van der Waals surface area contributed by atoms with Gasteiger partial charge in [-0.25, -0.2) is 5.43 Å². The molecule has 0 heterocycles. The van der Waals surface area contributed by atoms with Gasteiger partial charge in [-0.15, -0.1) is 0 Å². The smallest absolute Gasteiger partial charge is 0.329 e. The lowest BCUT2D eigenvalue weighted by atomic mass is 9.97. The van der Waals surface area contributed by atoms with Crippen molar-refractivity contribution in [1.29, 1.82) is 0 Å². The molecule has 0 unspecified atom stereocenters. The van der Waals surface area contributed by atoms with E-state index < -0.39 is 11.8 Å². The van der Waals surface area contributed by atoms with Crippen LogP contribution in [0.15, 0.2) is 84.0 Å². The summed E-state index contributed by atoms with van der Waals surface area (Å²) in [6.07, 6.45) is 1.57. The van der Waals surface area contributed by atoms with Gasteiger partial charge in [-0.2, -0.15) is 5.10 Å². The van der Waals surface area contributed by atoms with Crippen molar-refractivity contribution in [3.63, 3.8) is 0 Å². The quantitative estimate of drug-likeness (QED) is 0.220. The van der Waals surface area contributed by atoms with Crippen molar-refractivity contribution in [2.24, 2.45) is 5.10 Å². The molecule has 6 nitrogen and oxygen atoms in total. The van der Waals surface area contributed by atoms with Crippen molar-refractivity contribution in [2.75, 3.05) is 11.9 Å². The van der Waals surface area contributed by atoms with Crippen LogP contribution in [0, 0.1) is 0 Å². The van der Waals surface area contributed by atoms with Crippen molar-refractivity contribution < 1.29 is 14.3 Å². The SMILES string of the molecule is CCOc1ccccc1NC(=O)C(=O)N/N=C/c1c2ccccc2cc2ccccc12. The Bertz CT molecular complexity index is 1240. The number of para-hydroxylation sites is 2. The van der Waals surface area contributed by atoms with Crippen LogP contribution in [0.1, 0.15) is 12.5 Å². The molecule has 0 aromatic heterocycles. The van der Waals surface area contributed by atoms with Crippen LogP contribution >= 0.6 is 0 Å². The monoisotopic (exact) mass is 411 g/mol. The Morgan fingerprint density at radius 2 is 1.48 bits per heavy atom. The molecule has 31 heavy (non-hydrogen) atoms. The van der Waals surface area contributed by atoms with Crippen LogP contribution in [0.2, 0.25) is 0 Å². The number of hydrazone groups is 1. The molecular weight excluding hydrogens is 390 g/mol. The second-order valence-corrected chi connectivity index (χ2v) is 6.81. The number of ether oxygens (including phenoxy) is 1. The molecule has 0 aliphatic carbocycles. The van der Waals surface area contributed by atoms with E-state index in [1.165, 1.54) is 0 Å². The maximum Gasteiger partial charge on any atom is 0.329 e. The average Bonchev–Trinajstić information content (AvgIpc) is 2.80. The summed E-state index contributed by atoms with van der Waals surface area (Å²) >= 11 is 0. The van der Waals surface area contributed by atoms with Crippen molar-refractivity contribution in [3.8, 4) is 5.75 Å². The number of nitrogens with one attached hydrogen (secondary N) is 2. The summed E-state index contributed by atoms with van der Waals surface area (Å²) in [6, 6.07) is 25.0. The van der Waals surface area contributed by atoms with Gasteiger partial charge in [0.15, 0.2) is 0 Å². The number of benzene rings is 4. The van der Waals surface area contributed by atoms with Crippen LogP contribution in [0.5, 0.6) is 5.75 Å². The van der Waals surface area contributed by atoms with Crippen molar-refractivity contribution in [3.05, 3.63) is 84.4 Å². The van der Waals surface area contributed by atoms with E-state index in [2.05, 4.69) is 21.9 Å². The van der Waals surface area contributed by atoms with E-state index in [1.807, 2.05) is 55.5 Å². The Hall–Kier alpha value is -4.19. The summed E-state index contributed by atoms with van der Waals surface area (Å²) in [7, 11) is 0. The Labute approximate surface area is 179 Å². The zero-order valence-corrected chi connectivity index (χ0v) is 17.0. The highest BCUT2D eigenvalue weighted by Crippen LogP contribution is 2.27. The highest BCUT2D eigenvalue weighted by molar-refractivity contribution is 6.39. The number of amides is 2. The van der Waals surface area contributed by atoms with E-state index in [-0.39, 0.29) is 0 Å². The predicted molar refractivity (Wildman–Crippen MR) is 123 cm³/mol. The molecule has 0 aliphatic rings. The molecule has 4 aromatic carbocycles. The molecule has 0 radical (unpaired) electrons. The molecule has 0 aliphatic heterocycles. The van der Waals surface area contributed by atoms with E-state index >= 15 is 0 Å². The fourth-order valence-corrected chi connectivity index (χ4v) is 3.42. The Morgan fingerprint density at radius 3 is 2.16 bits per heavy atom. The van der Waals surface area contributed by atoms with E-state index in [9.17, 15) is 9.59 Å². The molecule has 0 saturated carbocycles. The lowest BCUT2D eigenvalue weighted by Crippen LogP contribution is -2.32. The number of anilines is 1. The number of hydrogen-bond donors (Lipinski definition) is 2. The van der Waals surface area contributed by atoms with Crippen LogP contribution in [0.25, 0.3) is 21.5 Å². The third kappa shape index (κ3) is 4.38. The summed E-state index contributed by atoms with van der Waals surface area (Å²) in [4.78, 5) is 24.5. The number of carbonyl (C=O) groups is 2. The number of nitrogens with zero attached hydrogens (tertiary/aromatic N) is 1. The molecule has 0 saturated heterocycles. The highest BCUT2D eigenvalue weighted by Gasteiger charge is 2.15. The Morgan fingerprint density at radius 1 is 0.871 bits per heavy atom. The Balaban J connectivity index is 1.54. The molecule has 4 rings (SSSR count). The zero-order chi connectivity index (χ0) is 21.6. The molecule has 0 spiro atoms. The number of carbonyl (C=O) groups excluding carboxylic acids is 2. The lowest BCUT2D eigenvalue weighted by Gasteiger charge is -2.10. The summed E-state index contributed by atoms with van der Waals surface area (Å²) in [5, 5.41) is 10.8. The van der Waals surface area contributed by atoms with Crippen LogP contribution in [0.3, 0.4) is 0 Å². The minimum absolute atomic E-state index is 0.425. The fourth-order valence-electron chi connectivity index (χ4n) is 3.42. The summed E-state index contributed by atoms with van der Waals surface area (Å²) in [5.41, 5.74) is 3.61. The van der Waals surface area contributed by atoms with Gasteiger partial charge >= 0.3 is 11.8 Å². The van der Waals surface area contributed by atoms with Crippen molar-refractivity contribution in [1.82, 2.24) is 5.43 Å². The standard InChI is InChI=1S/C25H21N3O3/c1-2-31-23-14-8-7-13-22(23)27-24(29)25(30)28-26-16-21-19-11-5-3-9-17(19)15-18-10-4-6-12-20(18)21/h3-16H,2H2,1H3,(H,27,29)(H,28,30)/b26-16+. The molecule has 2 N–H and O–H groups in total. The van der Waals surface area contributed by atoms with E-state index in [0.29, 0.717) is 18.0 Å². The van der Waals surface area contributed by atoms with Crippen molar-refractivity contribution in [2.45, 2.75) is 6.92 Å². The molecule has 0 fully saturated rings. The number of rotatable bonds is 5. The second-order valence-electron chi connectivity index (χ2n) is 6.81. The minimum atomic E-state index is -0.868. The summed E-state index contributed by atoms with van der Waals surface area (Å²) in [6.45, 7) is 2.29. The van der Waals surface area contributed by atoms with Gasteiger partial charge in [-0.1, -0.05) is 60.7 Å². The van der Waals surface area contributed by atoms with Crippen LogP contribution in [-0.2, 0) is 9.59 Å². The highest BCUT2D eigenvalue weighted by atomic mass is 16.5. The van der Waals surface area contributed by atoms with E-state index in [1.54, 1.807) is 30.5 Å². The van der Waals surface area contributed by atoms with Crippen molar-refractivity contribution >= 4 is 45.3 Å². The van der Waals surface area contributed by atoms with Gasteiger partial charge in [-0.3, -0.25) is 9.59 Å². The van der Waals surface area contributed by atoms with Gasteiger partial charge in [0.1, 0.15) is 5.75 Å². The first-order valence-corrected chi connectivity index (χ1v) is 9.94. The first-order valence-electron chi connectivity index (χ1n) is 9.94. The third-order valence-electron chi connectivity index (χ3n) is 4.81. The second kappa shape index (κ2) is 9.09. The van der Waals surface area contributed by atoms with Gasteiger partial charge < -0.3 is 10.1 Å². The van der Waals surface area contributed by atoms with Gasteiger partial charge in [-0.05, 0) is 46.7 Å². The maximum absolute atomic E-state index is 12.3. The van der Waals surface area contributed by atoms with Gasteiger partial charge in [0.25, 0.3) is 0 Å². The molecule has 2 amide bonds. The van der Waals surface area contributed by atoms with Crippen LogP contribution < -0.4 is 15.5 Å². The molecule has 6 heteroatoms. The average molecular weight is 411 g/mol. The lowest BCUT2D eigenvalue weighted by molar-refractivity contribution is -0.136. The zero-order valence-electron chi connectivity index (χ0n) is 17.0. The maximum atomic E-state index is 12.3. The van der Waals surface area contributed by atoms with E-state index in [4.69, 9.17) is 4.74 Å². The topological polar surface area (TPSA) is 79.8 Å². The largest absolute Gasteiger partial charge is 0.492 e. The van der Waals surface area contributed by atoms with Gasteiger partial charge in [0.05, 0.1) is 18.5 Å². The van der Waals surface area contributed by atoms with E-state index in [0.717, 1.165) is 27.1 Å². The third-order valence-corrected chi connectivity index (χ3v) is 4.81. The normalized spacial score (nSPS) is 11.0.